The molecule has 1 saturated carbocycles. The Morgan fingerprint density at radius 2 is 1.90 bits per heavy atom. The Morgan fingerprint density at radius 3 is 2.48 bits per heavy atom. The number of piperazine rings is 1. The van der Waals surface area contributed by atoms with Crippen LogP contribution in [0.4, 0.5) is 5.69 Å². The molecule has 1 aliphatic heterocycles. The molecule has 5 nitrogen and oxygen atoms in total. The van der Waals surface area contributed by atoms with Crippen molar-refractivity contribution in [3.63, 3.8) is 0 Å². The van der Waals surface area contributed by atoms with E-state index >= 15 is 0 Å². The highest BCUT2D eigenvalue weighted by atomic mass is 16.6. The monoisotopic (exact) mass is 289 g/mol. The third kappa shape index (κ3) is 3.60. The molecule has 5 heteroatoms. The van der Waals surface area contributed by atoms with E-state index in [-0.39, 0.29) is 10.6 Å². The Kier molecular flexibility index (Phi) is 3.95. The van der Waals surface area contributed by atoms with Crippen LogP contribution in [0.2, 0.25) is 0 Å². The van der Waals surface area contributed by atoms with Crippen molar-refractivity contribution in [2.24, 2.45) is 0 Å². The maximum absolute atomic E-state index is 11.1. The molecule has 1 heterocycles. The van der Waals surface area contributed by atoms with E-state index in [1.54, 1.807) is 12.1 Å². The number of nitrogens with one attached hydrogen (secondary N) is 1. The van der Waals surface area contributed by atoms with Crippen molar-refractivity contribution in [3.05, 3.63) is 39.4 Å². The molecule has 3 rings (SSSR count). The Morgan fingerprint density at radius 1 is 1.24 bits per heavy atom. The van der Waals surface area contributed by atoms with Crippen molar-refractivity contribution in [3.8, 4) is 0 Å². The van der Waals surface area contributed by atoms with Gasteiger partial charge < -0.3 is 5.32 Å². The molecule has 114 valence electrons. The zero-order valence-electron chi connectivity index (χ0n) is 12.7. The quantitative estimate of drug-likeness (QED) is 0.684. The first-order chi connectivity index (χ1) is 10.0. The van der Waals surface area contributed by atoms with Gasteiger partial charge in [0.15, 0.2) is 0 Å². The van der Waals surface area contributed by atoms with Gasteiger partial charge in [-0.05, 0) is 43.7 Å². The molecule has 2 atom stereocenters. The Bertz CT molecular complexity index is 532. The summed E-state index contributed by atoms with van der Waals surface area (Å²) in [6, 6.07) is 6.60. The highest BCUT2D eigenvalue weighted by molar-refractivity contribution is 5.42. The second kappa shape index (κ2) is 5.73. The molecule has 0 amide bonds. The van der Waals surface area contributed by atoms with Crippen LogP contribution < -0.4 is 5.32 Å². The van der Waals surface area contributed by atoms with Crippen LogP contribution in [0.15, 0.2) is 18.2 Å². The maximum Gasteiger partial charge on any atom is 0.270 e. The molecule has 1 N–H and O–H groups in total. The molecular formula is C16H23N3O2. The van der Waals surface area contributed by atoms with E-state index in [2.05, 4.69) is 30.1 Å². The van der Waals surface area contributed by atoms with E-state index in [9.17, 15) is 10.1 Å². The van der Waals surface area contributed by atoms with Crippen molar-refractivity contribution >= 4 is 5.69 Å². The van der Waals surface area contributed by atoms with Crippen LogP contribution in [-0.4, -0.2) is 35.0 Å². The molecule has 1 saturated heterocycles. The first kappa shape index (κ1) is 14.5. The molecule has 0 spiro atoms. The molecule has 0 aromatic heterocycles. The van der Waals surface area contributed by atoms with E-state index in [0.717, 1.165) is 30.8 Å². The lowest BCUT2D eigenvalue weighted by Crippen LogP contribution is -2.53. The van der Waals surface area contributed by atoms with E-state index in [1.807, 2.05) is 0 Å². The Labute approximate surface area is 125 Å². The molecule has 0 radical (unpaired) electrons. The summed E-state index contributed by atoms with van der Waals surface area (Å²) in [5.74, 6) is 0.546. The Hall–Kier alpha value is -1.46. The van der Waals surface area contributed by atoms with Crippen LogP contribution in [0.25, 0.3) is 0 Å². The topological polar surface area (TPSA) is 58.4 Å². The second-order valence-electron chi connectivity index (χ2n) is 6.63. The normalized spacial score (nSPS) is 26.8. The highest BCUT2D eigenvalue weighted by Crippen LogP contribution is 2.41. The van der Waals surface area contributed by atoms with Gasteiger partial charge in [0.1, 0.15) is 0 Å². The number of nitrogens with zero attached hydrogens (tertiary/aromatic N) is 2. The minimum atomic E-state index is -0.265. The fraction of sp³-hybridized carbons (Fsp3) is 0.625. The van der Waals surface area contributed by atoms with Gasteiger partial charge in [-0.3, -0.25) is 15.0 Å². The SMILES string of the molecule is C[C@@H]1CN(Cc2cc(C3CC3)cc([N+](=O)[O-])c2)C[C@H](C)N1. The van der Waals surface area contributed by atoms with E-state index < -0.39 is 0 Å². The van der Waals surface area contributed by atoms with Crippen LogP contribution >= 0.6 is 0 Å². The van der Waals surface area contributed by atoms with Crippen LogP contribution in [0.5, 0.6) is 0 Å². The predicted molar refractivity (Wildman–Crippen MR) is 82.4 cm³/mol. The number of hydrogen-bond donors (Lipinski definition) is 1. The number of nitro benzene ring substituents is 1. The maximum atomic E-state index is 11.1. The van der Waals surface area contributed by atoms with Crippen molar-refractivity contribution < 1.29 is 4.92 Å². The molecule has 0 bridgehead atoms. The molecule has 2 aliphatic rings. The lowest BCUT2D eigenvalue weighted by molar-refractivity contribution is -0.385. The molecular weight excluding hydrogens is 266 g/mol. The molecule has 21 heavy (non-hydrogen) atoms. The van der Waals surface area contributed by atoms with Gasteiger partial charge in [0.2, 0.25) is 0 Å². The summed E-state index contributed by atoms with van der Waals surface area (Å²) in [7, 11) is 0. The smallest absolute Gasteiger partial charge is 0.270 e. The average molecular weight is 289 g/mol. The summed E-state index contributed by atoms with van der Waals surface area (Å²) in [5, 5.41) is 14.6. The zero-order valence-corrected chi connectivity index (χ0v) is 12.7. The second-order valence-corrected chi connectivity index (χ2v) is 6.63. The van der Waals surface area contributed by atoms with Crippen LogP contribution in [0.1, 0.15) is 43.7 Å². The third-order valence-electron chi connectivity index (χ3n) is 4.30. The van der Waals surface area contributed by atoms with E-state index in [0.29, 0.717) is 18.0 Å². The van der Waals surface area contributed by atoms with Crippen molar-refractivity contribution in [1.29, 1.82) is 0 Å². The fourth-order valence-corrected chi connectivity index (χ4v) is 3.38. The third-order valence-corrected chi connectivity index (χ3v) is 4.30. The van der Waals surface area contributed by atoms with Crippen molar-refractivity contribution in [2.45, 2.75) is 51.2 Å². The highest BCUT2D eigenvalue weighted by Gasteiger charge is 2.27. The van der Waals surface area contributed by atoms with Gasteiger partial charge in [-0.1, -0.05) is 6.07 Å². The summed E-state index contributed by atoms with van der Waals surface area (Å²) < 4.78 is 0. The van der Waals surface area contributed by atoms with E-state index in [4.69, 9.17) is 0 Å². The summed E-state index contributed by atoms with van der Waals surface area (Å²) in [6.07, 6.45) is 2.34. The zero-order chi connectivity index (χ0) is 15.0. The Balaban J connectivity index is 1.79. The van der Waals surface area contributed by atoms with Crippen molar-refractivity contribution in [2.75, 3.05) is 13.1 Å². The van der Waals surface area contributed by atoms with Gasteiger partial charge in [-0.25, -0.2) is 0 Å². The lowest BCUT2D eigenvalue weighted by atomic mass is 10.0. The number of rotatable bonds is 4. The van der Waals surface area contributed by atoms with Crippen LogP contribution in [0.3, 0.4) is 0 Å². The van der Waals surface area contributed by atoms with Crippen LogP contribution in [-0.2, 0) is 6.54 Å². The molecule has 1 aromatic carbocycles. The standard InChI is InChI=1S/C16H23N3O2/c1-11-8-18(9-12(2)17-11)10-13-5-15(14-3-4-14)7-16(6-13)19(20)21/h5-7,11-12,14,17H,3-4,8-10H2,1-2H3/t11-,12+. The van der Waals surface area contributed by atoms with Gasteiger partial charge >= 0.3 is 0 Å². The van der Waals surface area contributed by atoms with Gasteiger partial charge in [0.25, 0.3) is 5.69 Å². The van der Waals surface area contributed by atoms with E-state index in [1.165, 1.54) is 12.8 Å². The summed E-state index contributed by atoms with van der Waals surface area (Å²) in [6.45, 7) is 7.16. The van der Waals surface area contributed by atoms with Crippen molar-refractivity contribution in [1.82, 2.24) is 10.2 Å². The molecule has 2 fully saturated rings. The van der Waals surface area contributed by atoms with Crippen LogP contribution in [0, 0.1) is 10.1 Å². The number of nitro groups is 1. The first-order valence-corrected chi connectivity index (χ1v) is 7.78. The molecule has 0 unspecified atom stereocenters. The average Bonchev–Trinajstić information content (AvgIpc) is 3.21. The predicted octanol–water partition coefficient (Wildman–Crippen LogP) is 2.65. The number of non-ortho nitro benzene ring substituents is 1. The summed E-state index contributed by atoms with van der Waals surface area (Å²) in [4.78, 5) is 13.3. The number of hydrogen-bond acceptors (Lipinski definition) is 4. The summed E-state index contributed by atoms with van der Waals surface area (Å²) >= 11 is 0. The van der Waals surface area contributed by atoms with Gasteiger partial charge in [0, 0.05) is 43.9 Å². The number of benzene rings is 1. The van der Waals surface area contributed by atoms with Gasteiger partial charge in [0.05, 0.1) is 4.92 Å². The minimum absolute atomic E-state index is 0.241. The molecule has 1 aliphatic carbocycles. The minimum Gasteiger partial charge on any atom is -0.309 e. The molecule has 1 aromatic rings. The van der Waals surface area contributed by atoms with Gasteiger partial charge in [-0.2, -0.15) is 0 Å². The summed E-state index contributed by atoms with van der Waals surface area (Å²) in [5.41, 5.74) is 2.47. The first-order valence-electron chi connectivity index (χ1n) is 7.78. The largest absolute Gasteiger partial charge is 0.309 e. The lowest BCUT2D eigenvalue weighted by Gasteiger charge is -2.36. The van der Waals surface area contributed by atoms with Gasteiger partial charge in [-0.15, -0.1) is 0 Å². The fourth-order valence-electron chi connectivity index (χ4n) is 3.38.